The third-order valence-electron chi connectivity index (χ3n) is 15.1. The first-order chi connectivity index (χ1) is 40.3. The van der Waals surface area contributed by atoms with E-state index < -0.39 is 235 Å². The van der Waals surface area contributed by atoms with Gasteiger partial charge in [0.2, 0.25) is 17.5 Å². The molecular formula is C58H33F15N4O9. The second-order valence-corrected chi connectivity index (χ2v) is 19.9. The SMILES string of the molecule is CC(=O)C(O)[C@H]1O[C@@H](c2cccc(-c3c4nc(c(-c5c(F)c(F)c(F)c(F)c5F)c5ccc([nH]5)c(-c5c(F)c(F)c(F)c(F)c5F)c5nc(c(-c6c(F)c(F)c(F)c(F)c6F)c6ccc3[nH]6)C=C5)C=C4)c2)[C@@](O)(C(C)=O)[C@](O)(C(C)=O)[C@@]1(O)C(C)=O. The van der Waals surface area contributed by atoms with Crippen molar-refractivity contribution in [3.8, 4) is 44.5 Å². The number of aliphatic hydroxyl groups excluding tert-OH is 1. The van der Waals surface area contributed by atoms with Crippen LogP contribution in [0.3, 0.4) is 0 Å². The number of fused-ring (bicyclic) bond motifs is 8. The van der Waals surface area contributed by atoms with E-state index in [2.05, 4.69) is 19.9 Å². The molecule has 86 heavy (non-hydrogen) atoms. The molecule has 6 N–H and O–H groups in total. The van der Waals surface area contributed by atoms with Crippen molar-refractivity contribution < 1.29 is 110 Å². The molecule has 3 aromatic heterocycles. The number of aromatic amines is 2. The molecule has 4 aromatic carbocycles. The Morgan fingerprint density at radius 1 is 0.442 bits per heavy atom. The van der Waals surface area contributed by atoms with E-state index in [1.54, 1.807) is 0 Å². The summed E-state index contributed by atoms with van der Waals surface area (Å²) in [4.78, 5) is 67.2. The number of rotatable bonds is 10. The number of benzene rings is 4. The topological polar surface area (TPSA) is 216 Å². The second kappa shape index (κ2) is 20.9. The molecule has 1 saturated heterocycles. The first-order valence-electron chi connectivity index (χ1n) is 24.6. The standard InChI is InChI=1S/C58H33F15N4O9/c1-17(78)53(82)55-57(84,19(3)80)58(85,20(4)81)56(83,18(2)79)54(86-55)22-7-5-6-21(16-22)31-23-8-10-25(74-23)32(35-38(59)44(65)50(71)45(66)39(35)60)27-12-14-29(76-27)34(37-42(63)48(69)52(73)49(70)43(37)64)30-15-13-28(77-30)33(26-11-9-24(31)75-26)36-40(61)46(67)51(72)47(68)41(36)62/h5-16,53-55,74,77,82-85H,1-4H3/t53?,54-,55+,56-,57+,58+/m0/s1. The first kappa shape index (κ1) is 60.0. The van der Waals surface area contributed by atoms with E-state index in [1.807, 2.05) is 0 Å². The van der Waals surface area contributed by atoms with E-state index in [0.717, 1.165) is 61.5 Å². The van der Waals surface area contributed by atoms with Gasteiger partial charge in [-0.15, -0.1) is 0 Å². The summed E-state index contributed by atoms with van der Waals surface area (Å²) in [6, 6.07) is 7.49. The van der Waals surface area contributed by atoms with Gasteiger partial charge in [-0.25, -0.2) is 75.8 Å². The summed E-state index contributed by atoms with van der Waals surface area (Å²) >= 11 is 0. The van der Waals surface area contributed by atoms with Gasteiger partial charge in [-0.05, 0) is 93.5 Å². The van der Waals surface area contributed by atoms with Crippen molar-refractivity contribution in [2.24, 2.45) is 0 Å². The Morgan fingerprint density at radius 3 is 1.07 bits per heavy atom. The molecule has 10 rings (SSSR count). The highest BCUT2D eigenvalue weighted by Gasteiger charge is 2.79. The molecule has 6 atom stereocenters. The van der Waals surface area contributed by atoms with E-state index in [1.165, 1.54) is 0 Å². The second-order valence-electron chi connectivity index (χ2n) is 19.9. The number of halogens is 15. The molecule has 3 aliphatic rings. The van der Waals surface area contributed by atoms with Crippen LogP contribution in [0.5, 0.6) is 0 Å². The number of carbonyl (C=O) groups is 4. The van der Waals surface area contributed by atoms with E-state index in [0.29, 0.717) is 39.0 Å². The summed E-state index contributed by atoms with van der Waals surface area (Å²) in [7, 11) is 0. The maximum atomic E-state index is 16.3. The highest BCUT2D eigenvalue weighted by atomic mass is 19.2. The summed E-state index contributed by atoms with van der Waals surface area (Å²) in [5.41, 5.74) is -27.9. The van der Waals surface area contributed by atoms with E-state index in [4.69, 9.17) is 4.74 Å². The third-order valence-corrected chi connectivity index (χ3v) is 15.1. The molecular weight excluding hydrogens is 1180 g/mol. The lowest BCUT2D eigenvalue weighted by Gasteiger charge is -2.58. The van der Waals surface area contributed by atoms with Crippen molar-refractivity contribution in [2.75, 3.05) is 0 Å². The summed E-state index contributed by atoms with van der Waals surface area (Å²) < 4.78 is 239. The van der Waals surface area contributed by atoms with Crippen molar-refractivity contribution >= 4 is 69.5 Å². The van der Waals surface area contributed by atoms with Crippen LogP contribution in [-0.2, 0) is 23.9 Å². The van der Waals surface area contributed by atoms with Crippen LogP contribution in [0.1, 0.15) is 62.1 Å². The lowest BCUT2D eigenvalue weighted by Crippen LogP contribution is -2.85. The molecule has 0 saturated carbocycles. The fourth-order valence-corrected chi connectivity index (χ4v) is 10.9. The molecule has 7 aromatic rings. The molecule has 0 amide bonds. The Bertz CT molecular complexity index is 4330. The largest absolute Gasteiger partial charge is 0.382 e. The molecule has 1 unspecified atom stereocenters. The molecule has 28 heteroatoms. The minimum absolute atomic E-state index is 0.341. The fourth-order valence-electron chi connectivity index (χ4n) is 10.9. The molecule has 0 spiro atoms. The smallest absolute Gasteiger partial charge is 0.200 e. The molecule has 8 bridgehead atoms. The average Bonchev–Trinajstić information content (AvgIpc) is 0.958. The maximum Gasteiger partial charge on any atom is 0.200 e. The van der Waals surface area contributed by atoms with Crippen molar-refractivity contribution in [3.63, 3.8) is 0 Å². The van der Waals surface area contributed by atoms with Crippen LogP contribution >= 0.6 is 0 Å². The highest BCUT2D eigenvalue weighted by molar-refractivity contribution is 6.06. The van der Waals surface area contributed by atoms with Gasteiger partial charge < -0.3 is 35.1 Å². The van der Waals surface area contributed by atoms with Gasteiger partial charge in [-0.3, -0.25) is 19.2 Å². The number of H-pyrrole nitrogens is 2. The van der Waals surface area contributed by atoms with Gasteiger partial charge in [-0.1, -0.05) is 18.2 Å². The maximum absolute atomic E-state index is 16.3. The number of carbonyl (C=O) groups excluding carboxylic acids is 4. The van der Waals surface area contributed by atoms with Crippen LogP contribution in [0.4, 0.5) is 65.9 Å². The number of aliphatic hydroxyl groups is 4. The third kappa shape index (κ3) is 8.39. The summed E-state index contributed by atoms with van der Waals surface area (Å²) in [5, 5.41) is 48.0. The van der Waals surface area contributed by atoms with Crippen LogP contribution < -0.4 is 0 Å². The molecule has 0 radical (unpaired) electrons. The van der Waals surface area contributed by atoms with Gasteiger partial charge in [0.25, 0.3) is 0 Å². The summed E-state index contributed by atoms with van der Waals surface area (Å²) in [5.74, 6) is -44.9. The minimum Gasteiger partial charge on any atom is -0.382 e. The lowest BCUT2D eigenvalue weighted by atomic mass is 9.57. The number of hydrogen-bond donors (Lipinski definition) is 6. The van der Waals surface area contributed by atoms with Crippen LogP contribution in [0, 0.1) is 87.3 Å². The first-order valence-corrected chi connectivity index (χ1v) is 24.6. The normalized spacial score (nSPS) is 20.4. The lowest BCUT2D eigenvalue weighted by molar-refractivity contribution is -0.329. The predicted molar refractivity (Wildman–Crippen MR) is 271 cm³/mol. The average molecular weight is 1210 g/mol. The molecule has 6 heterocycles. The number of nitrogens with one attached hydrogen (secondary N) is 2. The molecule has 13 nitrogen and oxygen atoms in total. The molecule has 0 aliphatic carbocycles. The van der Waals surface area contributed by atoms with Crippen molar-refractivity contribution in [1.82, 2.24) is 19.9 Å². The highest BCUT2D eigenvalue weighted by Crippen LogP contribution is 2.54. The van der Waals surface area contributed by atoms with E-state index in [9.17, 15) is 52.8 Å². The molecule has 1 fully saturated rings. The van der Waals surface area contributed by atoms with Crippen molar-refractivity contribution in [2.45, 2.75) is 62.8 Å². The Labute approximate surface area is 470 Å². The minimum atomic E-state index is -4.01. The Hall–Kier alpha value is -9.09. The summed E-state index contributed by atoms with van der Waals surface area (Å²) in [6.45, 7) is 2.38. The number of ketones is 4. The van der Waals surface area contributed by atoms with Crippen LogP contribution in [0.2, 0.25) is 0 Å². The van der Waals surface area contributed by atoms with Gasteiger partial charge in [0, 0.05) is 44.3 Å². The Morgan fingerprint density at radius 2 is 0.756 bits per heavy atom. The van der Waals surface area contributed by atoms with Gasteiger partial charge in [0.05, 0.1) is 39.5 Å². The fraction of sp³-hybridized carbons (Fsp3) is 0.172. The number of nitrogens with zero attached hydrogens (tertiary/aromatic N) is 2. The van der Waals surface area contributed by atoms with Gasteiger partial charge in [-0.2, -0.15) is 0 Å². The van der Waals surface area contributed by atoms with Crippen molar-refractivity contribution in [1.29, 1.82) is 0 Å². The zero-order chi connectivity index (χ0) is 63.0. The summed E-state index contributed by atoms with van der Waals surface area (Å²) in [6.07, 6.45) is -4.68. The van der Waals surface area contributed by atoms with E-state index >= 15 is 52.7 Å². The van der Waals surface area contributed by atoms with Crippen LogP contribution in [-0.4, -0.2) is 92.5 Å². The monoisotopic (exact) mass is 1210 g/mol. The zero-order valence-corrected chi connectivity index (χ0v) is 43.6. The van der Waals surface area contributed by atoms with Crippen LogP contribution in [0.25, 0.3) is 90.9 Å². The number of ether oxygens (including phenoxy) is 1. The molecule has 444 valence electrons. The molecule has 3 aliphatic heterocycles. The number of hydrogen-bond acceptors (Lipinski definition) is 11. The quantitative estimate of drug-likeness (QED) is 0.0430. The van der Waals surface area contributed by atoms with Crippen LogP contribution in [0.15, 0.2) is 48.5 Å². The van der Waals surface area contributed by atoms with Gasteiger partial charge >= 0.3 is 0 Å². The number of aromatic nitrogens is 4. The Kier molecular flexibility index (Phi) is 14.6. The number of Topliss-reactive ketones (excluding diaryl/α,β-unsaturated/α-hetero) is 4. The predicted octanol–water partition coefficient (Wildman–Crippen LogP) is 10.8. The zero-order valence-electron chi connectivity index (χ0n) is 43.6. The van der Waals surface area contributed by atoms with Gasteiger partial charge in [0.15, 0.2) is 110 Å². The van der Waals surface area contributed by atoms with E-state index in [-0.39, 0.29) is 5.56 Å². The van der Waals surface area contributed by atoms with Gasteiger partial charge in [0.1, 0.15) is 18.3 Å². The van der Waals surface area contributed by atoms with Crippen molar-refractivity contribution in [3.05, 3.63) is 164 Å². The Balaban J connectivity index is 1.41.